The number of aromatic nitrogens is 3. The molecule has 0 saturated heterocycles. The number of hydrogen-bond acceptors (Lipinski definition) is 3. The number of halogens is 1. The molecule has 5 heteroatoms. The minimum absolute atomic E-state index is 0.0640. The number of hydrogen-bond donors (Lipinski definition) is 1. The Bertz CT molecular complexity index is 509. The highest BCUT2D eigenvalue weighted by Crippen LogP contribution is 2.27. The molecule has 1 unspecified atom stereocenters. The van der Waals surface area contributed by atoms with Crippen molar-refractivity contribution in [2.45, 2.75) is 19.4 Å². The quantitative estimate of drug-likeness (QED) is 0.903. The lowest BCUT2D eigenvalue weighted by Gasteiger charge is -2.18. The molecule has 2 aromatic heterocycles. The molecule has 0 fully saturated rings. The van der Waals surface area contributed by atoms with E-state index in [1.54, 1.807) is 17.1 Å². The monoisotopic (exact) mass is 264 g/mol. The summed E-state index contributed by atoms with van der Waals surface area (Å²) in [7, 11) is 1.91. The van der Waals surface area contributed by atoms with Crippen molar-refractivity contribution in [2.24, 2.45) is 7.05 Å². The summed E-state index contributed by atoms with van der Waals surface area (Å²) in [4.78, 5) is 4.03. The molecule has 18 heavy (non-hydrogen) atoms. The predicted molar refractivity (Wildman–Crippen MR) is 72.6 cm³/mol. The molecule has 0 saturated carbocycles. The van der Waals surface area contributed by atoms with E-state index in [4.69, 9.17) is 11.6 Å². The summed E-state index contributed by atoms with van der Waals surface area (Å²) in [6.07, 6.45) is 8.37. The van der Waals surface area contributed by atoms with Crippen molar-refractivity contribution >= 4 is 11.6 Å². The van der Waals surface area contributed by atoms with E-state index in [0.29, 0.717) is 5.02 Å². The minimum Gasteiger partial charge on any atom is -0.306 e. The van der Waals surface area contributed by atoms with Gasteiger partial charge >= 0.3 is 0 Å². The molecule has 0 spiro atoms. The first-order valence-corrected chi connectivity index (χ1v) is 6.41. The second-order valence-corrected chi connectivity index (χ2v) is 4.64. The van der Waals surface area contributed by atoms with E-state index in [-0.39, 0.29) is 6.04 Å². The van der Waals surface area contributed by atoms with Crippen LogP contribution >= 0.6 is 11.6 Å². The molecule has 96 valence electrons. The average molecular weight is 265 g/mol. The third-order valence-electron chi connectivity index (χ3n) is 2.77. The molecule has 2 rings (SSSR count). The zero-order valence-corrected chi connectivity index (χ0v) is 11.4. The largest absolute Gasteiger partial charge is 0.306 e. The number of nitrogens with zero attached hydrogens (tertiary/aromatic N) is 3. The summed E-state index contributed by atoms with van der Waals surface area (Å²) >= 11 is 6.22. The maximum absolute atomic E-state index is 6.22. The SMILES string of the molecule is CCCNC(c1cnn(C)c1)c1ccncc1Cl. The molecule has 1 N–H and O–H groups in total. The molecule has 0 bridgehead atoms. The molecule has 4 nitrogen and oxygen atoms in total. The fraction of sp³-hybridized carbons (Fsp3) is 0.385. The van der Waals surface area contributed by atoms with E-state index in [0.717, 1.165) is 24.1 Å². The van der Waals surface area contributed by atoms with Crippen LogP contribution < -0.4 is 5.32 Å². The van der Waals surface area contributed by atoms with Gasteiger partial charge in [-0.15, -0.1) is 0 Å². The van der Waals surface area contributed by atoms with Gasteiger partial charge in [0, 0.05) is 31.2 Å². The van der Waals surface area contributed by atoms with E-state index in [1.165, 1.54) is 0 Å². The van der Waals surface area contributed by atoms with Crippen LogP contribution in [0, 0.1) is 0 Å². The molecule has 2 heterocycles. The Labute approximate surface area is 112 Å². The number of rotatable bonds is 5. The second kappa shape index (κ2) is 5.98. The Kier molecular flexibility index (Phi) is 4.33. The number of pyridine rings is 1. The lowest BCUT2D eigenvalue weighted by atomic mass is 10.0. The van der Waals surface area contributed by atoms with E-state index >= 15 is 0 Å². The topological polar surface area (TPSA) is 42.7 Å². The summed E-state index contributed by atoms with van der Waals surface area (Å²) in [5, 5.41) is 8.39. The van der Waals surface area contributed by atoms with Gasteiger partial charge in [-0.25, -0.2) is 0 Å². The van der Waals surface area contributed by atoms with Crippen molar-refractivity contribution < 1.29 is 0 Å². The van der Waals surface area contributed by atoms with E-state index < -0.39 is 0 Å². The van der Waals surface area contributed by atoms with Crippen LogP contribution in [0.4, 0.5) is 0 Å². The first-order valence-electron chi connectivity index (χ1n) is 6.03. The summed E-state index contributed by atoms with van der Waals surface area (Å²) in [6, 6.07) is 2.01. The van der Waals surface area contributed by atoms with Gasteiger partial charge in [-0.1, -0.05) is 18.5 Å². The Morgan fingerprint density at radius 1 is 1.44 bits per heavy atom. The molecule has 0 aliphatic carbocycles. The Balaban J connectivity index is 2.33. The zero-order chi connectivity index (χ0) is 13.0. The molecular formula is C13H17ClN4. The fourth-order valence-electron chi connectivity index (χ4n) is 1.91. The highest BCUT2D eigenvalue weighted by molar-refractivity contribution is 6.31. The number of aryl methyl sites for hydroxylation is 1. The van der Waals surface area contributed by atoms with Crippen LogP contribution in [0.3, 0.4) is 0 Å². The predicted octanol–water partition coefficient (Wildman–Crippen LogP) is 2.56. The number of nitrogens with one attached hydrogen (secondary N) is 1. The van der Waals surface area contributed by atoms with Gasteiger partial charge in [-0.2, -0.15) is 5.10 Å². The fourth-order valence-corrected chi connectivity index (χ4v) is 2.13. The van der Waals surface area contributed by atoms with Crippen molar-refractivity contribution in [2.75, 3.05) is 6.54 Å². The third-order valence-corrected chi connectivity index (χ3v) is 3.09. The third kappa shape index (κ3) is 2.89. The molecule has 0 aliphatic rings. The van der Waals surface area contributed by atoms with Gasteiger partial charge in [0.15, 0.2) is 0 Å². The Morgan fingerprint density at radius 2 is 2.28 bits per heavy atom. The Morgan fingerprint density at radius 3 is 2.89 bits per heavy atom. The Hall–Kier alpha value is -1.39. The van der Waals surface area contributed by atoms with Crippen molar-refractivity contribution in [3.05, 3.63) is 47.0 Å². The van der Waals surface area contributed by atoms with Crippen LogP contribution in [0.5, 0.6) is 0 Å². The van der Waals surface area contributed by atoms with Crippen molar-refractivity contribution in [3.8, 4) is 0 Å². The minimum atomic E-state index is 0.0640. The highest BCUT2D eigenvalue weighted by atomic mass is 35.5. The van der Waals surface area contributed by atoms with Gasteiger partial charge in [0.25, 0.3) is 0 Å². The van der Waals surface area contributed by atoms with Crippen LogP contribution in [0.25, 0.3) is 0 Å². The molecular weight excluding hydrogens is 248 g/mol. The standard InChI is InChI=1S/C13H17ClN4/c1-3-5-16-13(10-7-17-18(2)9-10)11-4-6-15-8-12(11)14/h4,6-9,13,16H,3,5H2,1-2H3. The van der Waals surface area contributed by atoms with Crippen molar-refractivity contribution in [1.29, 1.82) is 0 Å². The van der Waals surface area contributed by atoms with Gasteiger partial charge in [0.05, 0.1) is 17.3 Å². The van der Waals surface area contributed by atoms with Crippen LogP contribution in [0.1, 0.15) is 30.5 Å². The van der Waals surface area contributed by atoms with Crippen LogP contribution in [0.2, 0.25) is 5.02 Å². The maximum Gasteiger partial charge on any atom is 0.0640 e. The second-order valence-electron chi connectivity index (χ2n) is 4.23. The molecule has 0 amide bonds. The zero-order valence-electron chi connectivity index (χ0n) is 10.6. The summed E-state index contributed by atoms with van der Waals surface area (Å²) in [5.41, 5.74) is 2.15. The van der Waals surface area contributed by atoms with Gasteiger partial charge in [0.1, 0.15) is 0 Å². The smallest absolute Gasteiger partial charge is 0.0640 e. The van der Waals surface area contributed by atoms with Gasteiger partial charge in [0.2, 0.25) is 0 Å². The summed E-state index contributed by atoms with van der Waals surface area (Å²) in [5.74, 6) is 0. The molecule has 1 atom stereocenters. The van der Waals surface area contributed by atoms with Crippen LogP contribution in [-0.2, 0) is 7.05 Å². The molecule has 0 aromatic carbocycles. The van der Waals surface area contributed by atoms with Gasteiger partial charge in [-0.05, 0) is 24.6 Å². The van der Waals surface area contributed by atoms with E-state index in [1.807, 2.05) is 25.5 Å². The van der Waals surface area contributed by atoms with Gasteiger partial charge < -0.3 is 5.32 Å². The van der Waals surface area contributed by atoms with Crippen LogP contribution in [-0.4, -0.2) is 21.3 Å². The van der Waals surface area contributed by atoms with Crippen LogP contribution in [0.15, 0.2) is 30.9 Å². The summed E-state index contributed by atoms with van der Waals surface area (Å²) in [6.45, 7) is 3.07. The van der Waals surface area contributed by atoms with Crippen molar-refractivity contribution in [1.82, 2.24) is 20.1 Å². The normalized spacial score (nSPS) is 12.6. The molecule has 2 aromatic rings. The average Bonchev–Trinajstić information content (AvgIpc) is 2.78. The lowest BCUT2D eigenvalue weighted by Crippen LogP contribution is -2.23. The highest BCUT2D eigenvalue weighted by Gasteiger charge is 2.17. The maximum atomic E-state index is 6.22. The molecule has 0 radical (unpaired) electrons. The van der Waals surface area contributed by atoms with E-state index in [2.05, 4.69) is 22.3 Å². The molecule has 0 aliphatic heterocycles. The first kappa shape index (κ1) is 13.1. The van der Waals surface area contributed by atoms with Crippen molar-refractivity contribution in [3.63, 3.8) is 0 Å². The lowest BCUT2D eigenvalue weighted by molar-refractivity contribution is 0.597. The van der Waals surface area contributed by atoms with E-state index in [9.17, 15) is 0 Å². The first-order chi connectivity index (χ1) is 8.72. The van der Waals surface area contributed by atoms with Gasteiger partial charge in [-0.3, -0.25) is 9.67 Å². The summed E-state index contributed by atoms with van der Waals surface area (Å²) < 4.78 is 1.80.